The van der Waals surface area contributed by atoms with Crippen molar-refractivity contribution < 1.29 is 23.1 Å². The van der Waals surface area contributed by atoms with Gasteiger partial charge in [0, 0.05) is 24.3 Å². The number of aliphatic hydroxyl groups is 1. The maximum Gasteiger partial charge on any atom is 0.418 e. The van der Waals surface area contributed by atoms with Gasteiger partial charge in [0.2, 0.25) is 5.91 Å². The molecule has 1 aliphatic heterocycles. The number of nitrogens with one attached hydrogen (secondary N) is 1. The fourth-order valence-electron chi connectivity index (χ4n) is 2.61. The first kappa shape index (κ1) is 17.6. The Morgan fingerprint density at radius 2 is 1.96 bits per heavy atom. The van der Waals surface area contributed by atoms with Crippen LogP contribution in [0.25, 0.3) is 0 Å². The van der Waals surface area contributed by atoms with E-state index >= 15 is 0 Å². The van der Waals surface area contributed by atoms with E-state index in [9.17, 15) is 23.1 Å². The number of piperidine rings is 1. The molecule has 2 rings (SSSR count). The van der Waals surface area contributed by atoms with Crippen molar-refractivity contribution in [3.8, 4) is 0 Å². The van der Waals surface area contributed by atoms with Gasteiger partial charge in [-0.25, -0.2) is 0 Å². The first-order valence-electron chi connectivity index (χ1n) is 7.64. The van der Waals surface area contributed by atoms with Crippen LogP contribution < -0.4 is 5.32 Å². The van der Waals surface area contributed by atoms with E-state index in [0.717, 1.165) is 12.8 Å². The van der Waals surface area contributed by atoms with Gasteiger partial charge < -0.3 is 15.3 Å². The number of hydrogen-bond acceptors (Lipinski definition) is 3. The number of halogens is 3. The molecule has 128 valence electrons. The minimum Gasteiger partial charge on any atom is -0.379 e. The molecule has 0 aliphatic carbocycles. The summed E-state index contributed by atoms with van der Waals surface area (Å²) in [5, 5.41) is 12.1. The molecule has 0 unspecified atom stereocenters. The number of amides is 1. The van der Waals surface area contributed by atoms with Gasteiger partial charge in [0.1, 0.15) is 0 Å². The summed E-state index contributed by atoms with van der Waals surface area (Å²) in [5.74, 6) is 0.447. The average molecular weight is 330 g/mol. The molecule has 1 fully saturated rings. The van der Waals surface area contributed by atoms with Gasteiger partial charge in [-0.1, -0.05) is 25.1 Å². The van der Waals surface area contributed by atoms with Crippen LogP contribution in [0.15, 0.2) is 24.3 Å². The molecule has 1 saturated heterocycles. The predicted octanol–water partition coefficient (Wildman–Crippen LogP) is 2.95. The molecule has 0 bridgehead atoms. The fraction of sp³-hybridized carbons (Fsp3) is 0.562. The van der Waals surface area contributed by atoms with E-state index in [1.807, 2.05) is 0 Å². The highest BCUT2D eigenvalue weighted by atomic mass is 19.4. The van der Waals surface area contributed by atoms with Crippen molar-refractivity contribution in [1.82, 2.24) is 4.90 Å². The molecule has 1 aliphatic rings. The maximum atomic E-state index is 12.7. The van der Waals surface area contributed by atoms with Gasteiger partial charge in [0.25, 0.3) is 0 Å². The van der Waals surface area contributed by atoms with Crippen LogP contribution in [0.4, 0.5) is 18.9 Å². The van der Waals surface area contributed by atoms with Crippen molar-refractivity contribution >= 4 is 11.6 Å². The third kappa shape index (κ3) is 4.60. The summed E-state index contributed by atoms with van der Waals surface area (Å²) in [5.41, 5.74) is -0.156. The lowest BCUT2D eigenvalue weighted by molar-refractivity contribution is -0.206. The summed E-state index contributed by atoms with van der Waals surface area (Å²) in [6.07, 6.45) is -5.44. The van der Waals surface area contributed by atoms with Gasteiger partial charge in [-0.15, -0.1) is 0 Å². The highest BCUT2D eigenvalue weighted by Gasteiger charge is 2.40. The zero-order valence-corrected chi connectivity index (χ0v) is 12.9. The third-order valence-corrected chi connectivity index (χ3v) is 4.13. The molecule has 1 aromatic carbocycles. The highest BCUT2D eigenvalue weighted by Crippen LogP contribution is 2.35. The molecule has 7 heteroatoms. The molecule has 1 heterocycles. The Balaban J connectivity index is 1.99. The van der Waals surface area contributed by atoms with E-state index in [2.05, 4.69) is 12.2 Å². The Bertz CT molecular complexity index is 540. The molecular weight excluding hydrogens is 309 g/mol. The summed E-state index contributed by atoms with van der Waals surface area (Å²) < 4.78 is 38.1. The summed E-state index contributed by atoms with van der Waals surface area (Å²) in [4.78, 5) is 13.9. The van der Waals surface area contributed by atoms with Crippen molar-refractivity contribution in [2.45, 2.75) is 32.0 Å². The lowest BCUT2D eigenvalue weighted by Crippen LogP contribution is -2.41. The van der Waals surface area contributed by atoms with Crippen LogP contribution >= 0.6 is 0 Å². The number of para-hydroxylation sites is 1. The largest absolute Gasteiger partial charge is 0.418 e. The molecule has 1 amide bonds. The van der Waals surface area contributed by atoms with Gasteiger partial charge in [-0.2, -0.15) is 13.2 Å². The Hall–Kier alpha value is -1.76. The predicted molar refractivity (Wildman–Crippen MR) is 80.9 cm³/mol. The number of rotatable bonds is 4. The standard InChI is InChI=1S/C16H21F3N2O2/c1-11-6-8-21(9-7-11)14(22)10-20-13-5-3-2-4-12(13)15(23)16(17,18)19/h2-5,11,15,20,23H,6-10H2,1H3/t15-/m1/s1. The van der Waals surface area contributed by atoms with Crippen molar-refractivity contribution in [2.75, 3.05) is 25.0 Å². The first-order chi connectivity index (χ1) is 10.8. The lowest BCUT2D eigenvalue weighted by atomic mass is 9.99. The van der Waals surface area contributed by atoms with Crippen LogP contribution in [-0.2, 0) is 4.79 Å². The normalized spacial score (nSPS) is 17.9. The Morgan fingerprint density at radius 3 is 2.57 bits per heavy atom. The van der Waals surface area contributed by atoms with E-state index in [0.29, 0.717) is 19.0 Å². The maximum absolute atomic E-state index is 12.7. The molecule has 23 heavy (non-hydrogen) atoms. The van der Waals surface area contributed by atoms with E-state index < -0.39 is 12.3 Å². The van der Waals surface area contributed by atoms with Gasteiger partial charge in [0.15, 0.2) is 6.10 Å². The quantitative estimate of drug-likeness (QED) is 0.892. The molecule has 1 aromatic rings. The SMILES string of the molecule is CC1CCN(C(=O)CNc2ccccc2[C@@H](O)C(F)(F)F)CC1. The minimum absolute atomic E-state index is 0.0873. The molecule has 0 aromatic heterocycles. The van der Waals surface area contributed by atoms with Crippen molar-refractivity contribution in [3.05, 3.63) is 29.8 Å². The molecular formula is C16H21F3N2O2. The number of alkyl halides is 3. The summed E-state index contributed by atoms with van der Waals surface area (Å²) in [7, 11) is 0. The van der Waals surface area contributed by atoms with Crippen molar-refractivity contribution in [3.63, 3.8) is 0 Å². The zero-order valence-electron chi connectivity index (χ0n) is 12.9. The number of nitrogens with zero attached hydrogens (tertiary/aromatic N) is 1. The molecule has 0 spiro atoms. The fourth-order valence-corrected chi connectivity index (χ4v) is 2.61. The number of carbonyl (C=O) groups excluding carboxylic acids is 1. The monoisotopic (exact) mass is 330 g/mol. The molecule has 0 radical (unpaired) electrons. The van der Waals surface area contributed by atoms with Gasteiger partial charge >= 0.3 is 6.18 Å². The molecule has 4 nitrogen and oxygen atoms in total. The highest BCUT2D eigenvalue weighted by molar-refractivity contribution is 5.81. The Kier molecular flexibility index (Phi) is 5.51. The second-order valence-corrected chi connectivity index (χ2v) is 5.95. The van der Waals surface area contributed by atoms with Crippen LogP contribution in [0.1, 0.15) is 31.4 Å². The van der Waals surface area contributed by atoms with Gasteiger partial charge in [-0.3, -0.25) is 4.79 Å². The topological polar surface area (TPSA) is 52.6 Å². The van der Waals surface area contributed by atoms with Crippen LogP contribution in [0.3, 0.4) is 0 Å². The van der Waals surface area contributed by atoms with E-state index in [1.165, 1.54) is 18.2 Å². The second-order valence-electron chi connectivity index (χ2n) is 5.95. The Morgan fingerprint density at radius 1 is 1.35 bits per heavy atom. The van der Waals surface area contributed by atoms with E-state index in [-0.39, 0.29) is 23.7 Å². The summed E-state index contributed by atoms with van der Waals surface area (Å²) in [6.45, 7) is 3.40. The van der Waals surface area contributed by atoms with Crippen LogP contribution in [0, 0.1) is 5.92 Å². The number of carbonyl (C=O) groups is 1. The van der Waals surface area contributed by atoms with Gasteiger partial charge in [-0.05, 0) is 24.8 Å². The van der Waals surface area contributed by atoms with Crippen molar-refractivity contribution in [1.29, 1.82) is 0 Å². The first-order valence-corrected chi connectivity index (χ1v) is 7.64. The van der Waals surface area contributed by atoms with Gasteiger partial charge in [0.05, 0.1) is 6.54 Å². The van der Waals surface area contributed by atoms with Crippen LogP contribution in [0.2, 0.25) is 0 Å². The summed E-state index contributed by atoms with van der Waals surface area (Å²) in [6, 6.07) is 5.61. The number of benzene rings is 1. The van der Waals surface area contributed by atoms with E-state index in [1.54, 1.807) is 11.0 Å². The number of hydrogen-bond donors (Lipinski definition) is 2. The molecule has 1 atom stereocenters. The number of anilines is 1. The molecule has 0 saturated carbocycles. The van der Waals surface area contributed by atoms with Crippen LogP contribution in [0.5, 0.6) is 0 Å². The number of likely N-dealkylation sites (tertiary alicyclic amines) is 1. The van der Waals surface area contributed by atoms with E-state index in [4.69, 9.17) is 0 Å². The minimum atomic E-state index is -4.75. The van der Waals surface area contributed by atoms with Crippen LogP contribution in [-0.4, -0.2) is 41.7 Å². The van der Waals surface area contributed by atoms with Crippen molar-refractivity contribution in [2.24, 2.45) is 5.92 Å². The summed E-state index contributed by atoms with van der Waals surface area (Å²) >= 11 is 0. The third-order valence-electron chi connectivity index (χ3n) is 4.13. The molecule has 2 N–H and O–H groups in total. The lowest BCUT2D eigenvalue weighted by Gasteiger charge is -2.30. The Labute approximate surface area is 133 Å². The zero-order chi connectivity index (χ0) is 17.0. The smallest absolute Gasteiger partial charge is 0.379 e. The average Bonchev–Trinajstić information content (AvgIpc) is 2.52. The number of aliphatic hydroxyl groups excluding tert-OH is 1. The second kappa shape index (κ2) is 7.21.